The molecule has 0 spiro atoms. The third kappa shape index (κ3) is 2.07. The highest BCUT2D eigenvalue weighted by Gasteiger charge is 2.15. The van der Waals surface area contributed by atoms with Gasteiger partial charge in [-0.25, -0.2) is 14.8 Å². The van der Waals surface area contributed by atoms with Crippen LogP contribution in [0.3, 0.4) is 0 Å². The van der Waals surface area contributed by atoms with Crippen LogP contribution in [0.5, 0.6) is 0 Å². The summed E-state index contributed by atoms with van der Waals surface area (Å²) < 4.78 is 14.8. The smallest absolute Gasteiger partial charge is 0.141 e. The van der Waals surface area contributed by atoms with Crippen molar-refractivity contribution in [3.05, 3.63) is 48.1 Å². The van der Waals surface area contributed by atoms with Gasteiger partial charge in [-0.1, -0.05) is 0 Å². The molecule has 2 aromatic heterocycles. The standard InChI is InChI=1S/C10H12FN5/c1-16-5-9(14-6-16)10(15-12)7-2-8(11)4-13-3-7/h2-6,10,15H,12H2,1H3. The number of rotatable bonds is 3. The zero-order valence-corrected chi connectivity index (χ0v) is 8.76. The monoisotopic (exact) mass is 221 g/mol. The molecule has 3 N–H and O–H groups in total. The lowest BCUT2D eigenvalue weighted by Gasteiger charge is -2.13. The fraction of sp³-hybridized carbons (Fsp3) is 0.200. The Balaban J connectivity index is 2.36. The van der Waals surface area contributed by atoms with Crippen molar-refractivity contribution in [2.45, 2.75) is 6.04 Å². The first-order valence-electron chi connectivity index (χ1n) is 4.75. The van der Waals surface area contributed by atoms with Gasteiger partial charge in [0.1, 0.15) is 5.82 Å². The van der Waals surface area contributed by atoms with E-state index in [1.54, 1.807) is 17.1 Å². The first-order chi connectivity index (χ1) is 7.70. The van der Waals surface area contributed by atoms with Gasteiger partial charge in [0.25, 0.3) is 0 Å². The molecule has 0 fully saturated rings. The van der Waals surface area contributed by atoms with Gasteiger partial charge in [0, 0.05) is 19.4 Å². The molecule has 0 bridgehead atoms. The molecule has 6 heteroatoms. The zero-order chi connectivity index (χ0) is 11.5. The van der Waals surface area contributed by atoms with Gasteiger partial charge < -0.3 is 4.57 Å². The van der Waals surface area contributed by atoms with Gasteiger partial charge in [-0.3, -0.25) is 10.8 Å². The molecular formula is C10H12FN5. The van der Waals surface area contributed by atoms with Gasteiger partial charge in [0.05, 0.1) is 24.3 Å². The van der Waals surface area contributed by atoms with Crippen LogP contribution in [0.25, 0.3) is 0 Å². The van der Waals surface area contributed by atoms with Crippen LogP contribution in [0.1, 0.15) is 17.3 Å². The molecule has 0 saturated heterocycles. The van der Waals surface area contributed by atoms with E-state index in [1.807, 2.05) is 13.2 Å². The van der Waals surface area contributed by atoms with Crippen LogP contribution in [-0.4, -0.2) is 14.5 Å². The molecule has 0 aliphatic heterocycles. The molecule has 5 nitrogen and oxygen atoms in total. The van der Waals surface area contributed by atoms with Crippen molar-refractivity contribution in [1.82, 2.24) is 20.0 Å². The molecule has 0 aromatic carbocycles. The molecule has 16 heavy (non-hydrogen) atoms. The summed E-state index contributed by atoms with van der Waals surface area (Å²) in [6.45, 7) is 0. The van der Waals surface area contributed by atoms with Crippen molar-refractivity contribution in [3.8, 4) is 0 Å². The van der Waals surface area contributed by atoms with Gasteiger partial charge in [-0.2, -0.15) is 0 Å². The fourth-order valence-corrected chi connectivity index (χ4v) is 1.52. The number of hydrogen-bond acceptors (Lipinski definition) is 4. The maximum absolute atomic E-state index is 13.0. The normalized spacial score (nSPS) is 12.7. The lowest BCUT2D eigenvalue weighted by molar-refractivity contribution is 0.592. The predicted molar refractivity (Wildman–Crippen MR) is 56.6 cm³/mol. The van der Waals surface area contributed by atoms with E-state index < -0.39 is 5.82 Å². The molecule has 0 aliphatic rings. The lowest BCUT2D eigenvalue weighted by atomic mass is 10.1. The molecule has 2 rings (SSSR count). The quantitative estimate of drug-likeness (QED) is 0.585. The number of pyridine rings is 1. The third-order valence-corrected chi connectivity index (χ3v) is 2.25. The van der Waals surface area contributed by atoms with Gasteiger partial charge in [-0.15, -0.1) is 0 Å². The van der Waals surface area contributed by atoms with Crippen molar-refractivity contribution in [2.24, 2.45) is 12.9 Å². The maximum Gasteiger partial charge on any atom is 0.141 e. The van der Waals surface area contributed by atoms with Crippen LogP contribution in [0.4, 0.5) is 4.39 Å². The minimum absolute atomic E-state index is 0.357. The van der Waals surface area contributed by atoms with E-state index >= 15 is 0 Å². The average Bonchev–Trinajstić information content (AvgIpc) is 2.66. The molecule has 0 aliphatic carbocycles. The Morgan fingerprint density at radius 2 is 2.31 bits per heavy atom. The van der Waals surface area contributed by atoms with E-state index in [1.165, 1.54) is 6.07 Å². The topological polar surface area (TPSA) is 68.8 Å². The molecular weight excluding hydrogens is 209 g/mol. The van der Waals surface area contributed by atoms with Crippen LogP contribution in [-0.2, 0) is 7.05 Å². The van der Waals surface area contributed by atoms with E-state index in [2.05, 4.69) is 15.4 Å². The van der Waals surface area contributed by atoms with Crippen LogP contribution in [0, 0.1) is 5.82 Å². The minimum atomic E-state index is -0.395. The second-order valence-electron chi connectivity index (χ2n) is 3.50. The summed E-state index contributed by atoms with van der Waals surface area (Å²) in [6, 6.07) is 1.02. The Bertz CT molecular complexity index is 482. The Morgan fingerprint density at radius 1 is 1.50 bits per heavy atom. The average molecular weight is 221 g/mol. The fourth-order valence-electron chi connectivity index (χ4n) is 1.52. The molecule has 0 radical (unpaired) electrons. The van der Waals surface area contributed by atoms with E-state index in [9.17, 15) is 4.39 Å². The van der Waals surface area contributed by atoms with Crippen molar-refractivity contribution < 1.29 is 4.39 Å². The van der Waals surface area contributed by atoms with E-state index in [4.69, 9.17) is 5.84 Å². The first-order valence-corrected chi connectivity index (χ1v) is 4.75. The summed E-state index contributed by atoms with van der Waals surface area (Å²) in [6.07, 6.45) is 6.18. The number of aryl methyl sites for hydroxylation is 1. The van der Waals surface area contributed by atoms with Gasteiger partial charge in [0.15, 0.2) is 0 Å². The Kier molecular flexibility index (Phi) is 2.93. The van der Waals surface area contributed by atoms with Crippen molar-refractivity contribution in [3.63, 3.8) is 0 Å². The first kappa shape index (κ1) is 10.7. The zero-order valence-electron chi connectivity index (χ0n) is 8.76. The van der Waals surface area contributed by atoms with Gasteiger partial charge in [-0.05, 0) is 11.6 Å². The van der Waals surface area contributed by atoms with Crippen LogP contribution in [0.2, 0.25) is 0 Å². The summed E-state index contributed by atoms with van der Waals surface area (Å²) in [4.78, 5) is 7.94. The highest BCUT2D eigenvalue weighted by atomic mass is 19.1. The number of hydrazine groups is 1. The number of hydrogen-bond donors (Lipinski definition) is 2. The van der Waals surface area contributed by atoms with Gasteiger partial charge in [0.2, 0.25) is 0 Å². The lowest BCUT2D eigenvalue weighted by Crippen LogP contribution is -2.29. The van der Waals surface area contributed by atoms with Crippen LogP contribution in [0.15, 0.2) is 31.0 Å². The molecule has 2 aromatic rings. The predicted octanol–water partition coefficient (Wildman–Crippen LogP) is 0.507. The second-order valence-corrected chi connectivity index (χ2v) is 3.50. The second kappa shape index (κ2) is 4.38. The number of nitrogens with one attached hydrogen (secondary N) is 1. The number of imidazole rings is 1. The molecule has 1 unspecified atom stereocenters. The number of nitrogens with zero attached hydrogens (tertiary/aromatic N) is 3. The SMILES string of the molecule is Cn1cnc(C(NN)c2cncc(F)c2)c1. The molecule has 0 saturated carbocycles. The molecule has 0 amide bonds. The number of nitrogens with two attached hydrogens (primary N) is 1. The highest BCUT2D eigenvalue weighted by Crippen LogP contribution is 2.18. The molecule has 84 valence electrons. The summed E-state index contributed by atoms with van der Waals surface area (Å²) in [5, 5.41) is 0. The largest absolute Gasteiger partial charge is 0.340 e. The van der Waals surface area contributed by atoms with E-state index in [-0.39, 0.29) is 6.04 Å². The summed E-state index contributed by atoms with van der Waals surface area (Å²) in [7, 11) is 1.86. The van der Waals surface area contributed by atoms with Crippen LogP contribution >= 0.6 is 0 Å². The summed E-state index contributed by atoms with van der Waals surface area (Å²) in [5.41, 5.74) is 3.95. The van der Waals surface area contributed by atoms with Crippen molar-refractivity contribution in [2.75, 3.05) is 0 Å². The maximum atomic E-state index is 13.0. The van der Waals surface area contributed by atoms with Crippen molar-refractivity contribution in [1.29, 1.82) is 0 Å². The van der Waals surface area contributed by atoms with Crippen molar-refractivity contribution >= 4 is 0 Å². The Morgan fingerprint density at radius 3 is 2.88 bits per heavy atom. The van der Waals surface area contributed by atoms with E-state index in [0.29, 0.717) is 5.56 Å². The van der Waals surface area contributed by atoms with Gasteiger partial charge >= 0.3 is 0 Å². The Labute approximate surface area is 92.1 Å². The summed E-state index contributed by atoms with van der Waals surface area (Å²) >= 11 is 0. The van der Waals surface area contributed by atoms with Crippen LogP contribution < -0.4 is 11.3 Å². The number of halogens is 1. The Hall–Kier alpha value is -1.79. The minimum Gasteiger partial charge on any atom is -0.340 e. The van der Waals surface area contributed by atoms with E-state index in [0.717, 1.165) is 11.9 Å². The number of aromatic nitrogens is 3. The molecule has 2 heterocycles. The molecule has 1 atom stereocenters. The third-order valence-electron chi connectivity index (χ3n) is 2.25. The summed E-state index contributed by atoms with van der Waals surface area (Å²) in [5.74, 6) is 5.05. The highest BCUT2D eigenvalue weighted by molar-refractivity contribution is 5.24.